The van der Waals surface area contributed by atoms with Crippen LogP contribution in [-0.4, -0.2) is 9.28 Å². The highest BCUT2D eigenvalue weighted by Crippen LogP contribution is 2.15. The van der Waals surface area contributed by atoms with Gasteiger partial charge in [-0.2, -0.15) is 0 Å². The van der Waals surface area contributed by atoms with E-state index < -0.39 is 4.30 Å². The zero-order valence-electron chi connectivity index (χ0n) is 9.29. The SMILES string of the molecule is C1CCCCC1.ClC(Cl)Cl.c1ccncc1. The molecule has 2 rings (SSSR count). The van der Waals surface area contributed by atoms with E-state index in [4.69, 9.17) is 34.8 Å². The van der Waals surface area contributed by atoms with Gasteiger partial charge in [0.2, 0.25) is 0 Å². The van der Waals surface area contributed by atoms with Crippen molar-refractivity contribution in [2.75, 3.05) is 0 Å². The molecule has 16 heavy (non-hydrogen) atoms. The van der Waals surface area contributed by atoms with Crippen molar-refractivity contribution in [3.05, 3.63) is 30.6 Å². The van der Waals surface area contributed by atoms with Crippen LogP contribution in [0.1, 0.15) is 38.5 Å². The van der Waals surface area contributed by atoms with Crippen molar-refractivity contribution in [1.82, 2.24) is 4.98 Å². The van der Waals surface area contributed by atoms with E-state index in [1.54, 1.807) is 12.4 Å². The van der Waals surface area contributed by atoms with Gasteiger partial charge in [-0.15, -0.1) is 0 Å². The zero-order valence-corrected chi connectivity index (χ0v) is 11.6. The molecule has 0 saturated heterocycles. The smallest absolute Gasteiger partial charge is 0.180 e. The molecule has 0 atom stereocenters. The Balaban J connectivity index is 0.000000217. The van der Waals surface area contributed by atoms with Crippen LogP contribution in [-0.2, 0) is 0 Å². The zero-order chi connectivity index (χ0) is 12.1. The van der Waals surface area contributed by atoms with Crippen molar-refractivity contribution in [2.45, 2.75) is 42.8 Å². The standard InChI is InChI=1S/C6H12.C5H5N.CHCl3/c2*1-2-4-6-5-3-1;2-1(3)4/h1-6H2;1-5H;1H. The Hall–Kier alpha value is 0.0200. The summed E-state index contributed by atoms with van der Waals surface area (Å²) in [6, 6.07) is 5.72. The van der Waals surface area contributed by atoms with Crippen molar-refractivity contribution < 1.29 is 0 Å². The van der Waals surface area contributed by atoms with Crippen LogP contribution in [0.2, 0.25) is 0 Å². The summed E-state index contributed by atoms with van der Waals surface area (Å²) in [4.78, 5) is 3.78. The fourth-order valence-corrected chi connectivity index (χ4v) is 1.37. The molecular weight excluding hydrogens is 264 g/mol. The first-order valence-electron chi connectivity index (χ1n) is 5.50. The normalized spacial score (nSPS) is 14.2. The van der Waals surface area contributed by atoms with Gasteiger partial charge in [-0.05, 0) is 12.1 Å². The van der Waals surface area contributed by atoms with Gasteiger partial charge < -0.3 is 0 Å². The summed E-state index contributed by atoms with van der Waals surface area (Å²) in [7, 11) is 0. The third-order valence-corrected chi connectivity index (χ3v) is 2.07. The fourth-order valence-electron chi connectivity index (χ4n) is 1.37. The van der Waals surface area contributed by atoms with Crippen molar-refractivity contribution in [1.29, 1.82) is 0 Å². The van der Waals surface area contributed by atoms with Gasteiger partial charge >= 0.3 is 0 Å². The number of halogens is 3. The predicted molar refractivity (Wildman–Crippen MR) is 73.3 cm³/mol. The van der Waals surface area contributed by atoms with E-state index in [0.717, 1.165) is 0 Å². The predicted octanol–water partition coefficient (Wildman–Crippen LogP) is 5.41. The Morgan fingerprint density at radius 1 is 0.688 bits per heavy atom. The van der Waals surface area contributed by atoms with Gasteiger partial charge in [0.05, 0.1) is 0 Å². The Morgan fingerprint density at radius 3 is 1.12 bits per heavy atom. The van der Waals surface area contributed by atoms with Crippen LogP contribution in [0, 0.1) is 0 Å². The molecule has 1 aromatic heterocycles. The quantitative estimate of drug-likeness (QED) is 0.580. The van der Waals surface area contributed by atoms with E-state index in [0.29, 0.717) is 0 Å². The monoisotopic (exact) mass is 281 g/mol. The average Bonchev–Trinajstić information content (AvgIpc) is 2.34. The molecule has 92 valence electrons. The van der Waals surface area contributed by atoms with Crippen LogP contribution in [0.4, 0.5) is 0 Å². The average molecular weight is 283 g/mol. The largest absolute Gasteiger partial charge is 0.265 e. The minimum absolute atomic E-state index is 0.750. The molecule has 0 aromatic carbocycles. The molecule has 0 spiro atoms. The molecule has 1 aromatic rings. The first-order chi connectivity index (χ1) is 7.73. The molecule has 1 aliphatic carbocycles. The Morgan fingerprint density at radius 2 is 1.00 bits per heavy atom. The summed E-state index contributed by atoms with van der Waals surface area (Å²) < 4.78 is -0.750. The maximum absolute atomic E-state index is 4.81. The third-order valence-electron chi connectivity index (χ3n) is 2.07. The van der Waals surface area contributed by atoms with Gasteiger partial charge in [0.1, 0.15) is 0 Å². The van der Waals surface area contributed by atoms with Crippen molar-refractivity contribution in [2.24, 2.45) is 0 Å². The van der Waals surface area contributed by atoms with Crippen LogP contribution >= 0.6 is 34.8 Å². The second-order valence-electron chi connectivity index (χ2n) is 3.39. The molecule has 1 fully saturated rings. The number of hydrogen-bond acceptors (Lipinski definition) is 1. The number of aromatic nitrogens is 1. The fraction of sp³-hybridized carbons (Fsp3) is 0.583. The first-order valence-corrected chi connectivity index (χ1v) is 6.81. The van der Waals surface area contributed by atoms with Gasteiger partial charge in [0.25, 0.3) is 0 Å². The molecule has 1 nitrogen and oxygen atoms in total. The molecule has 0 N–H and O–H groups in total. The van der Waals surface area contributed by atoms with E-state index >= 15 is 0 Å². The molecule has 1 heterocycles. The van der Waals surface area contributed by atoms with Crippen molar-refractivity contribution >= 4 is 34.8 Å². The van der Waals surface area contributed by atoms with Crippen molar-refractivity contribution in [3.8, 4) is 0 Å². The second kappa shape index (κ2) is 13.1. The van der Waals surface area contributed by atoms with Crippen LogP contribution in [0.5, 0.6) is 0 Å². The maximum atomic E-state index is 4.81. The summed E-state index contributed by atoms with van der Waals surface area (Å²) in [5.74, 6) is 0. The van der Waals surface area contributed by atoms with Crippen molar-refractivity contribution in [3.63, 3.8) is 0 Å². The Bertz CT molecular complexity index is 172. The van der Waals surface area contributed by atoms with E-state index in [9.17, 15) is 0 Å². The minimum Gasteiger partial charge on any atom is -0.265 e. The van der Waals surface area contributed by atoms with E-state index in [2.05, 4.69) is 4.98 Å². The van der Waals surface area contributed by atoms with Crippen LogP contribution in [0.3, 0.4) is 0 Å². The minimum atomic E-state index is -0.750. The molecule has 0 bridgehead atoms. The summed E-state index contributed by atoms with van der Waals surface area (Å²) in [5, 5.41) is 0. The van der Waals surface area contributed by atoms with Gasteiger partial charge in [0, 0.05) is 12.4 Å². The number of hydrogen-bond donors (Lipinski definition) is 0. The van der Waals surface area contributed by atoms with Crippen LogP contribution in [0.25, 0.3) is 0 Å². The Labute approximate surface area is 113 Å². The topological polar surface area (TPSA) is 12.9 Å². The summed E-state index contributed by atoms with van der Waals surface area (Å²) in [6.45, 7) is 0. The van der Waals surface area contributed by atoms with Gasteiger partial charge in [-0.3, -0.25) is 4.98 Å². The molecule has 0 amide bonds. The summed E-state index contributed by atoms with van der Waals surface area (Å²) in [5.41, 5.74) is 0. The lowest BCUT2D eigenvalue weighted by Crippen LogP contribution is -1.85. The molecule has 4 heteroatoms. The van der Waals surface area contributed by atoms with Gasteiger partial charge in [-0.1, -0.05) is 79.4 Å². The lowest BCUT2D eigenvalue weighted by Gasteiger charge is -2.05. The summed E-state index contributed by atoms with van der Waals surface area (Å²) >= 11 is 14.4. The highest BCUT2D eigenvalue weighted by atomic mass is 35.6. The molecule has 0 radical (unpaired) electrons. The van der Waals surface area contributed by atoms with E-state index in [1.165, 1.54) is 38.5 Å². The highest BCUT2D eigenvalue weighted by molar-refractivity contribution is 6.63. The number of nitrogens with zero attached hydrogens (tertiary/aromatic N) is 1. The van der Waals surface area contributed by atoms with E-state index in [1.807, 2.05) is 18.2 Å². The lowest BCUT2D eigenvalue weighted by molar-refractivity contribution is 0.504. The van der Waals surface area contributed by atoms with Gasteiger partial charge in [0.15, 0.2) is 4.30 Å². The third kappa shape index (κ3) is 16.4. The second-order valence-corrected chi connectivity index (χ2v) is 5.37. The number of rotatable bonds is 0. The highest BCUT2D eigenvalue weighted by Gasteiger charge is 1.95. The first kappa shape index (κ1) is 16.0. The Kier molecular flexibility index (Phi) is 13.1. The van der Waals surface area contributed by atoms with E-state index in [-0.39, 0.29) is 0 Å². The molecule has 1 saturated carbocycles. The molecular formula is C12H18Cl3N. The van der Waals surface area contributed by atoms with Crippen LogP contribution in [0.15, 0.2) is 30.6 Å². The van der Waals surface area contributed by atoms with Crippen LogP contribution < -0.4 is 0 Å². The van der Waals surface area contributed by atoms with Gasteiger partial charge in [-0.25, -0.2) is 0 Å². The number of pyridine rings is 1. The molecule has 0 unspecified atom stereocenters. The maximum Gasteiger partial charge on any atom is 0.180 e. The summed E-state index contributed by atoms with van der Waals surface area (Å²) in [6.07, 6.45) is 12.5. The lowest BCUT2D eigenvalue weighted by atomic mass is 10.0. The molecule has 0 aliphatic heterocycles. The number of alkyl halides is 3. The molecule has 1 aliphatic rings.